The number of hydrogen-bond donors (Lipinski definition) is 2. The van der Waals surface area contributed by atoms with Crippen LogP contribution in [-0.2, 0) is 6.42 Å². The number of nitrogens with one attached hydrogen (secondary N) is 1. The summed E-state index contributed by atoms with van der Waals surface area (Å²) in [5, 5.41) is 3.01. The molecule has 32 heavy (non-hydrogen) atoms. The molecule has 0 saturated carbocycles. The monoisotopic (exact) mass is 421 g/mol. The molecule has 3 N–H and O–H groups in total. The van der Waals surface area contributed by atoms with Crippen molar-refractivity contribution in [2.24, 2.45) is 0 Å². The van der Waals surface area contributed by atoms with E-state index in [-0.39, 0.29) is 5.91 Å². The second-order valence-corrected chi connectivity index (χ2v) is 7.66. The molecule has 2 heterocycles. The molecule has 0 bridgehead atoms. The fourth-order valence-electron chi connectivity index (χ4n) is 3.95. The Kier molecular flexibility index (Phi) is 5.25. The summed E-state index contributed by atoms with van der Waals surface area (Å²) < 4.78 is 1.80. The van der Waals surface area contributed by atoms with E-state index in [4.69, 9.17) is 15.7 Å². The molecule has 0 unspecified atom stereocenters. The standard InChI is InChI=1S/C26H23N5O/c27-24-22(26(32)28-17-9-12-18-10-3-1-4-11-18)23-25(31(24)19-13-5-2-6-14-19)30-21-16-8-7-15-20(21)29-23/h1-8,10-11,13-16H,9,12,17,27H2,(H,28,32). The molecular formula is C26H23N5O. The molecule has 0 atom stereocenters. The highest BCUT2D eigenvalue weighted by Gasteiger charge is 2.24. The summed E-state index contributed by atoms with van der Waals surface area (Å²) in [6, 6.07) is 27.5. The molecular weight excluding hydrogens is 398 g/mol. The summed E-state index contributed by atoms with van der Waals surface area (Å²) in [5.74, 6) is 0.0990. The first kappa shape index (κ1) is 19.8. The Morgan fingerprint density at radius 3 is 2.19 bits per heavy atom. The first-order valence-electron chi connectivity index (χ1n) is 10.7. The van der Waals surface area contributed by atoms with Crippen LogP contribution in [0.25, 0.3) is 27.9 Å². The molecule has 5 aromatic rings. The number of para-hydroxylation sites is 3. The third-order valence-corrected chi connectivity index (χ3v) is 5.51. The molecule has 0 spiro atoms. The van der Waals surface area contributed by atoms with Crippen LogP contribution in [0.15, 0.2) is 84.9 Å². The maximum Gasteiger partial charge on any atom is 0.257 e. The van der Waals surface area contributed by atoms with E-state index in [0.717, 1.165) is 29.6 Å². The first-order chi connectivity index (χ1) is 15.7. The van der Waals surface area contributed by atoms with Crippen molar-refractivity contribution in [2.45, 2.75) is 12.8 Å². The summed E-state index contributed by atoms with van der Waals surface area (Å²) in [4.78, 5) is 22.8. The van der Waals surface area contributed by atoms with Gasteiger partial charge in [0.25, 0.3) is 5.91 Å². The van der Waals surface area contributed by atoms with Gasteiger partial charge in [-0.3, -0.25) is 9.36 Å². The number of nitrogens with zero attached hydrogens (tertiary/aromatic N) is 3. The molecule has 5 rings (SSSR count). The van der Waals surface area contributed by atoms with Crippen LogP contribution >= 0.6 is 0 Å². The summed E-state index contributed by atoms with van der Waals surface area (Å²) in [7, 11) is 0. The van der Waals surface area contributed by atoms with Crippen molar-refractivity contribution in [3.8, 4) is 5.69 Å². The molecule has 6 heteroatoms. The van der Waals surface area contributed by atoms with Crippen LogP contribution < -0.4 is 11.1 Å². The van der Waals surface area contributed by atoms with Gasteiger partial charge in [-0.05, 0) is 42.7 Å². The van der Waals surface area contributed by atoms with Crippen LogP contribution in [0, 0.1) is 0 Å². The predicted molar refractivity (Wildman–Crippen MR) is 128 cm³/mol. The van der Waals surface area contributed by atoms with Crippen molar-refractivity contribution < 1.29 is 4.79 Å². The lowest BCUT2D eigenvalue weighted by atomic mass is 10.1. The second-order valence-electron chi connectivity index (χ2n) is 7.66. The Balaban J connectivity index is 1.51. The van der Waals surface area contributed by atoms with Crippen molar-refractivity contribution in [1.82, 2.24) is 19.9 Å². The number of carbonyl (C=O) groups is 1. The number of fused-ring (bicyclic) bond motifs is 2. The van der Waals surface area contributed by atoms with E-state index < -0.39 is 0 Å². The number of nitrogen functional groups attached to an aromatic ring is 1. The summed E-state index contributed by atoms with van der Waals surface area (Å²) in [5.41, 5.74) is 11.5. The van der Waals surface area contributed by atoms with E-state index in [9.17, 15) is 4.79 Å². The number of aryl methyl sites for hydroxylation is 1. The van der Waals surface area contributed by atoms with Crippen molar-refractivity contribution in [2.75, 3.05) is 12.3 Å². The van der Waals surface area contributed by atoms with Gasteiger partial charge in [0.05, 0.1) is 11.0 Å². The summed E-state index contributed by atoms with van der Waals surface area (Å²) >= 11 is 0. The number of nitrogens with two attached hydrogens (primary N) is 1. The fourth-order valence-corrected chi connectivity index (χ4v) is 3.95. The Morgan fingerprint density at radius 2 is 1.47 bits per heavy atom. The lowest BCUT2D eigenvalue weighted by Crippen LogP contribution is -2.25. The molecule has 6 nitrogen and oxygen atoms in total. The molecule has 0 aliphatic heterocycles. The Morgan fingerprint density at radius 1 is 0.844 bits per heavy atom. The molecule has 158 valence electrons. The molecule has 0 aliphatic carbocycles. The SMILES string of the molecule is Nc1c(C(=O)NCCCc2ccccc2)c2nc3ccccc3nc2n1-c1ccccc1. The van der Waals surface area contributed by atoms with Gasteiger partial charge in [-0.25, -0.2) is 9.97 Å². The number of aromatic nitrogens is 3. The van der Waals surface area contributed by atoms with Gasteiger partial charge in [0, 0.05) is 12.2 Å². The average molecular weight is 422 g/mol. The van der Waals surface area contributed by atoms with E-state index in [1.165, 1.54) is 5.56 Å². The van der Waals surface area contributed by atoms with Gasteiger partial charge in [-0.2, -0.15) is 0 Å². The number of rotatable bonds is 6. The maximum atomic E-state index is 13.2. The number of benzene rings is 3. The average Bonchev–Trinajstić information content (AvgIpc) is 3.12. The van der Waals surface area contributed by atoms with E-state index in [1.54, 1.807) is 4.57 Å². The molecule has 0 fully saturated rings. The van der Waals surface area contributed by atoms with Gasteiger partial charge in [-0.1, -0.05) is 60.7 Å². The van der Waals surface area contributed by atoms with Crippen LogP contribution in [0.1, 0.15) is 22.3 Å². The number of amides is 1. The quantitative estimate of drug-likeness (QED) is 0.395. The largest absolute Gasteiger partial charge is 0.384 e. The van der Waals surface area contributed by atoms with Gasteiger partial charge in [0.2, 0.25) is 0 Å². The summed E-state index contributed by atoms with van der Waals surface area (Å²) in [6.07, 6.45) is 1.73. The topological polar surface area (TPSA) is 85.8 Å². The Labute approximate surface area is 185 Å². The van der Waals surface area contributed by atoms with Crippen molar-refractivity contribution in [3.63, 3.8) is 0 Å². The predicted octanol–water partition coefficient (Wildman–Crippen LogP) is 4.52. The normalized spacial score (nSPS) is 11.1. The van der Waals surface area contributed by atoms with Crippen LogP contribution in [0.3, 0.4) is 0 Å². The number of carbonyl (C=O) groups excluding carboxylic acids is 1. The highest BCUT2D eigenvalue weighted by Crippen LogP contribution is 2.30. The second kappa shape index (κ2) is 8.51. The van der Waals surface area contributed by atoms with Gasteiger partial charge < -0.3 is 11.1 Å². The van der Waals surface area contributed by atoms with Crippen LogP contribution in [0.5, 0.6) is 0 Å². The zero-order chi connectivity index (χ0) is 21.9. The highest BCUT2D eigenvalue weighted by molar-refractivity contribution is 6.11. The first-order valence-corrected chi connectivity index (χ1v) is 10.7. The van der Waals surface area contributed by atoms with Crippen molar-refractivity contribution in [3.05, 3.63) is 96.1 Å². The van der Waals surface area contributed by atoms with E-state index >= 15 is 0 Å². The molecule has 0 saturated heterocycles. The van der Waals surface area contributed by atoms with E-state index in [0.29, 0.717) is 29.1 Å². The molecule has 0 aliphatic rings. The van der Waals surface area contributed by atoms with Crippen LogP contribution in [0.2, 0.25) is 0 Å². The van der Waals surface area contributed by atoms with Crippen LogP contribution in [-0.4, -0.2) is 27.0 Å². The molecule has 1 amide bonds. The Hall–Kier alpha value is -4.19. The van der Waals surface area contributed by atoms with Crippen molar-refractivity contribution in [1.29, 1.82) is 0 Å². The third-order valence-electron chi connectivity index (χ3n) is 5.51. The number of hydrogen-bond acceptors (Lipinski definition) is 4. The van der Waals surface area contributed by atoms with E-state index in [2.05, 4.69) is 17.4 Å². The summed E-state index contributed by atoms with van der Waals surface area (Å²) in [6.45, 7) is 0.548. The van der Waals surface area contributed by atoms with Gasteiger partial charge in [0.15, 0.2) is 5.65 Å². The van der Waals surface area contributed by atoms with Gasteiger partial charge >= 0.3 is 0 Å². The zero-order valence-corrected chi connectivity index (χ0v) is 17.5. The smallest absolute Gasteiger partial charge is 0.257 e. The lowest BCUT2D eigenvalue weighted by molar-refractivity contribution is 0.0955. The van der Waals surface area contributed by atoms with Gasteiger partial charge in [0.1, 0.15) is 16.9 Å². The minimum atomic E-state index is -0.236. The number of anilines is 1. The molecule has 2 aromatic heterocycles. The fraction of sp³-hybridized carbons (Fsp3) is 0.115. The van der Waals surface area contributed by atoms with Gasteiger partial charge in [-0.15, -0.1) is 0 Å². The van der Waals surface area contributed by atoms with Crippen molar-refractivity contribution >= 4 is 33.9 Å². The Bertz CT molecular complexity index is 1390. The molecule has 0 radical (unpaired) electrons. The minimum absolute atomic E-state index is 0.236. The molecule has 3 aromatic carbocycles. The third kappa shape index (κ3) is 3.67. The van der Waals surface area contributed by atoms with E-state index in [1.807, 2.05) is 72.8 Å². The van der Waals surface area contributed by atoms with Crippen LogP contribution in [0.4, 0.5) is 5.82 Å². The highest BCUT2D eigenvalue weighted by atomic mass is 16.1. The minimum Gasteiger partial charge on any atom is -0.384 e. The maximum absolute atomic E-state index is 13.2. The zero-order valence-electron chi connectivity index (χ0n) is 17.5. The lowest BCUT2D eigenvalue weighted by Gasteiger charge is -2.08.